The van der Waals surface area contributed by atoms with Gasteiger partial charge in [-0.25, -0.2) is 0 Å². The molecule has 1 atom stereocenters. The molecule has 1 N–H and O–H groups in total. The third kappa shape index (κ3) is 5.48. The Morgan fingerprint density at radius 3 is 2.28 bits per heavy atom. The van der Waals surface area contributed by atoms with Gasteiger partial charge in [0.1, 0.15) is 5.75 Å². The Kier molecular flexibility index (Phi) is 6.45. The summed E-state index contributed by atoms with van der Waals surface area (Å²) < 4.78 is 5.83. The standard InChI is InChI=1S/C20H25ClN2O2/c1-20(2,25-17-12-10-16(21)11-13-17)19(24)22-14-18(23(3)4)15-8-6-5-7-9-15/h5-13,18H,14H2,1-4H3,(H,22,24). The molecule has 4 nitrogen and oxygen atoms in total. The number of carbonyl (C=O) groups excluding carboxylic acids is 1. The predicted molar refractivity (Wildman–Crippen MR) is 102 cm³/mol. The van der Waals surface area contributed by atoms with Gasteiger partial charge in [0.2, 0.25) is 0 Å². The van der Waals surface area contributed by atoms with Gasteiger partial charge in [0.05, 0.1) is 6.04 Å². The van der Waals surface area contributed by atoms with Crippen molar-refractivity contribution in [3.8, 4) is 5.75 Å². The average molecular weight is 361 g/mol. The third-order valence-corrected chi connectivity index (χ3v) is 4.25. The van der Waals surface area contributed by atoms with Crippen molar-refractivity contribution in [2.75, 3.05) is 20.6 Å². The number of carbonyl (C=O) groups is 1. The molecule has 0 fully saturated rings. The first-order valence-electron chi connectivity index (χ1n) is 8.24. The molecule has 0 heterocycles. The summed E-state index contributed by atoms with van der Waals surface area (Å²) in [6, 6.07) is 17.2. The van der Waals surface area contributed by atoms with Crippen molar-refractivity contribution >= 4 is 17.5 Å². The summed E-state index contributed by atoms with van der Waals surface area (Å²) in [5.41, 5.74) is 0.172. The molecule has 0 aromatic heterocycles. The van der Waals surface area contributed by atoms with Gasteiger partial charge in [-0.3, -0.25) is 4.79 Å². The van der Waals surface area contributed by atoms with Gasteiger partial charge >= 0.3 is 0 Å². The minimum Gasteiger partial charge on any atom is -0.478 e. The summed E-state index contributed by atoms with van der Waals surface area (Å²) in [6.07, 6.45) is 0. The first-order valence-corrected chi connectivity index (χ1v) is 8.61. The third-order valence-electron chi connectivity index (χ3n) is 4.00. The van der Waals surface area contributed by atoms with Crippen LogP contribution >= 0.6 is 11.6 Å². The molecular weight excluding hydrogens is 336 g/mol. The first kappa shape index (κ1) is 19.3. The molecule has 0 bridgehead atoms. The second kappa shape index (κ2) is 8.37. The summed E-state index contributed by atoms with van der Waals surface area (Å²) in [5, 5.41) is 3.63. The van der Waals surface area contributed by atoms with Crippen molar-refractivity contribution in [3.05, 3.63) is 65.2 Å². The van der Waals surface area contributed by atoms with Crippen LogP contribution in [0.5, 0.6) is 5.75 Å². The topological polar surface area (TPSA) is 41.6 Å². The molecule has 5 heteroatoms. The lowest BCUT2D eigenvalue weighted by atomic mass is 10.0. The van der Waals surface area contributed by atoms with E-state index in [0.717, 1.165) is 5.56 Å². The van der Waals surface area contributed by atoms with Gasteiger partial charge in [0, 0.05) is 11.6 Å². The highest BCUT2D eigenvalue weighted by Gasteiger charge is 2.30. The first-order chi connectivity index (χ1) is 11.8. The number of rotatable bonds is 7. The number of ether oxygens (including phenoxy) is 1. The average Bonchev–Trinajstić information content (AvgIpc) is 2.57. The van der Waals surface area contributed by atoms with Gasteiger partial charge in [-0.05, 0) is 57.8 Å². The Hall–Kier alpha value is -2.04. The fourth-order valence-electron chi connectivity index (χ4n) is 2.52. The maximum absolute atomic E-state index is 12.6. The van der Waals surface area contributed by atoms with Crippen LogP contribution in [0, 0.1) is 0 Å². The van der Waals surface area contributed by atoms with Crippen molar-refractivity contribution in [2.24, 2.45) is 0 Å². The zero-order valence-electron chi connectivity index (χ0n) is 15.1. The molecule has 0 radical (unpaired) electrons. The smallest absolute Gasteiger partial charge is 0.263 e. The Bertz CT molecular complexity index is 685. The van der Waals surface area contributed by atoms with Crippen LogP contribution in [0.2, 0.25) is 5.02 Å². The number of hydrogen-bond acceptors (Lipinski definition) is 3. The van der Waals surface area contributed by atoms with E-state index in [1.165, 1.54) is 0 Å². The van der Waals surface area contributed by atoms with Crippen molar-refractivity contribution in [1.29, 1.82) is 0 Å². The second-order valence-electron chi connectivity index (χ2n) is 6.67. The zero-order valence-corrected chi connectivity index (χ0v) is 15.9. The maximum atomic E-state index is 12.6. The Morgan fingerprint density at radius 1 is 1.12 bits per heavy atom. The van der Waals surface area contributed by atoms with E-state index in [9.17, 15) is 4.79 Å². The van der Waals surface area contributed by atoms with Gasteiger partial charge in [-0.2, -0.15) is 0 Å². The van der Waals surface area contributed by atoms with E-state index in [4.69, 9.17) is 16.3 Å². The summed E-state index contributed by atoms with van der Waals surface area (Å²) >= 11 is 5.88. The maximum Gasteiger partial charge on any atom is 0.263 e. The largest absolute Gasteiger partial charge is 0.478 e. The number of nitrogens with one attached hydrogen (secondary N) is 1. The van der Waals surface area contributed by atoms with Crippen molar-refractivity contribution in [2.45, 2.75) is 25.5 Å². The number of benzene rings is 2. The Balaban J connectivity index is 2.00. The number of likely N-dealkylation sites (N-methyl/N-ethyl adjacent to an activating group) is 1. The van der Waals surface area contributed by atoms with E-state index in [1.54, 1.807) is 38.1 Å². The van der Waals surface area contributed by atoms with E-state index >= 15 is 0 Å². The lowest BCUT2D eigenvalue weighted by molar-refractivity contribution is -0.134. The molecule has 1 unspecified atom stereocenters. The van der Waals surface area contributed by atoms with Crippen LogP contribution < -0.4 is 10.1 Å². The molecule has 0 aliphatic heterocycles. The fourth-order valence-corrected chi connectivity index (χ4v) is 2.65. The highest BCUT2D eigenvalue weighted by Crippen LogP contribution is 2.22. The number of nitrogens with zero attached hydrogens (tertiary/aromatic N) is 1. The van der Waals surface area contributed by atoms with Crippen LogP contribution in [0.1, 0.15) is 25.5 Å². The van der Waals surface area contributed by atoms with E-state index < -0.39 is 5.60 Å². The predicted octanol–water partition coefficient (Wildman–Crippen LogP) is 3.92. The van der Waals surface area contributed by atoms with E-state index in [1.807, 2.05) is 32.3 Å². The Morgan fingerprint density at radius 2 is 1.72 bits per heavy atom. The van der Waals surface area contributed by atoms with Gasteiger partial charge < -0.3 is 15.0 Å². The monoisotopic (exact) mass is 360 g/mol. The van der Waals surface area contributed by atoms with Crippen molar-refractivity contribution in [3.63, 3.8) is 0 Å². The van der Waals surface area contributed by atoms with Crippen LogP contribution in [0.15, 0.2) is 54.6 Å². The van der Waals surface area contributed by atoms with Gasteiger partial charge in [0.25, 0.3) is 5.91 Å². The van der Waals surface area contributed by atoms with Crippen molar-refractivity contribution < 1.29 is 9.53 Å². The molecule has 0 saturated carbocycles. The van der Waals surface area contributed by atoms with Crippen LogP contribution in [0.25, 0.3) is 0 Å². The number of amides is 1. The minimum atomic E-state index is -0.985. The lowest BCUT2D eigenvalue weighted by Crippen LogP contribution is -2.48. The van der Waals surface area contributed by atoms with Crippen LogP contribution in [-0.2, 0) is 4.79 Å². The van der Waals surface area contributed by atoms with Gasteiger partial charge in [-0.1, -0.05) is 41.9 Å². The second-order valence-corrected chi connectivity index (χ2v) is 7.10. The molecule has 1 amide bonds. The minimum absolute atomic E-state index is 0.0940. The molecule has 0 saturated heterocycles. The highest BCUT2D eigenvalue weighted by atomic mass is 35.5. The van der Waals surface area contributed by atoms with E-state index in [0.29, 0.717) is 17.3 Å². The zero-order chi connectivity index (χ0) is 18.4. The molecule has 2 aromatic rings. The molecular formula is C20H25ClN2O2. The molecule has 2 rings (SSSR count). The molecule has 0 spiro atoms. The van der Waals surface area contributed by atoms with Gasteiger partial charge in [0.15, 0.2) is 5.60 Å². The van der Waals surface area contributed by atoms with Crippen LogP contribution in [0.3, 0.4) is 0 Å². The SMILES string of the molecule is CN(C)C(CNC(=O)C(C)(C)Oc1ccc(Cl)cc1)c1ccccc1. The number of halogens is 1. The molecule has 134 valence electrons. The molecule has 0 aliphatic carbocycles. The summed E-state index contributed by atoms with van der Waals surface area (Å²) in [7, 11) is 4.00. The Labute approximate surface area is 154 Å². The summed E-state index contributed by atoms with van der Waals surface area (Å²) in [5.74, 6) is 0.446. The quantitative estimate of drug-likeness (QED) is 0.813. The lowest BCUT2D eigenvalue weighted by Gasteiger charge is -2.29. The molecule has 25 heavy (non-hydrogen) atoms. The fraction of sp³-hybridized carbons (Fsp3) is 0.350. The van der Waals surface area contributed by atoms with Crippen LogP contribution in [-0.4, -0.2) is 37.0 Å². The normalized spacial score (nSPS) is 12.7. The van der Waals surface area contributed by atoms with E-state index in [-0.39, 0.29) is 11.9 Å². The molecule has 2 aromatic carbocycles. The van der Waals surface area contributed by atoms with Crippen molar-refractivity contribution in [1.82, 2.24) is 10.2 Å². The van der Waals surface area contributed by atoms with Crippen LogP contribution in [0.4, 0.5) is 0 Å². The number of hydrogen-bond donors (Lipinski definition) is 1. The summed E-state index contributed by atoms with van der Waals surface area (Å²) in [4.78, 5) is 14.7. The van der Waals surface area contributed by atoms with E-state index in [2.05, 4.69) is 22.3 Å². The summed E-state index contributed by atoms with van der Waals surface area (Å²) in [6.45, 7) is 4.01. The van der Waals surface area contributed by atoms with Gasteiger partial charge in [-0.15, -0.1) is 0 Å². The highest BCUT2D eigenvalue weighted by molar-refractivity contribution is 6.30. The molecule has 0 aliphatic rings.